The minimum atomic E-state index is 0.650. The van der Waals surface area contributed by atoms with E-state index >= 15 is 0 Å². The molecule has 7 aromatic carbocycles. The van der Waals surface area contributed by atoms with E-state index in [4.69, 9.17) is 19.4 Å². The van der Waals surface area contributed by atoms with Crippen LogP contribution >= 0.6 is 11.3 Å². The minimum Gasteiger partial charge on any atom is -0.456 e. The van der Waals surface area contributed by atoms with Gasteiger partial charge in [0.05, 0.1) is 11.0 Å². The van der Waals surface area contributed by atoms with E-state index in [1.54, 1.807) is 0 Å². The van der Waals surface area contributed by atoms with Crippen LogP contribution in [-0.4, -0.2) is 19.5 Å². The molecule has 0 saturated carbocycles. The lowest BCUT2D eigenvalue weighted by Gasteiger charge is -2.09. The van der Waals surface area contributed by atoms with Crippen LogP contribution in [0.2, 0.25) is 0 Å². The molecule has 11 rings (SSSR count). The van der Waals surface area contributed by atoms with Gasteiger partial charge in [0.2, 0.25) is 0 Å². The van der Waals surface area contributed by atoms with Crippen molar-refractivity contribution in [2.24, 2.45) is 0 Å². The van der Waals surface area contributed by atoms with Crippen molar-refractivity contribution in [2.75, 3.05) is 0 Å². The van der Waals surface area contributed by atoms with Crippen LogP contribution in [0.15, 0.2) is 156 Å². The molecule has 6 heteroatoms. The van der Waals surface area contributed by atoms with Gasteiger partial charge >= 0.3 is 0 Å². The molecule has 0 atom stereocenters. The Morgan fingerprint density at radius 2 is 1.26 bits per heavy atom. The summed E-state index contributed by atoms with van der Waals surface area (Å²) in [5.41, 5.74) is 9.36. The lowest BCUT2D eigenvalue weighted by Crippen LogP contribution is -2.02. The molecule has 0 N–H and O–H groups in total. The Kier molecular flexibility index (Phi) is 6.63. The second-order valence-electron chi connectivity index (χ2n) is 13.4. The van der Waals surface area contributed by atoms with E-state index in [1.165, 1.54) is 42.0 Å². The van der Waals surface area contributed by atoms with Gasteiger partial charge < -0.3 is 8.98 Å². The molecule has 0 bridgehead atoms. The van der Waals surface area contributed by atoms with Gasteiger partial charge in [-0.2, -0.15) is 0 Å². The van der Waals surface area contributed by atoms with Crippen molar-refractivity contribution in [3.8, 4) is 39.6 Å². The van der Waals surface area contributed by atoms with E-state index in [0.717, 1.165) is 55.7 Å². The first kappa shape index (κ1) is 30.0. The van der Waals surface area contributed by atoms with E-state index in [1.807, 2.05) is 53.8 Å². The third-order valence-electron chi connectivity index (χ3n) is 10.4. The molecule has 4 heterocycles. The first-order chi connectivity index (χ1) is 26.2. The molecule has 0 aliphatic rings. The highest BCUT2D eigenvalue weighted by atomic mass is 32.1. The Bertz CT molecular complexity index is 3210. The number of fused-ring (bicyclic) bond motifs is 10. The van der Waals surface area contributed by atoms with Crippen molar-refractivity contribution in [3.63, 3.8) is 0 Å². The molecule has 0 spiro atoms. The molecule has 0 unspecified atom stereocenters. The van der Waals surface area contributed by atoms with Crippen LogP contribution in [0.4, 0.5) is 0 Å². The molecule has 0 amide bonds. The van der Waals surface area contributed by atoms with Crippen LogP contribution in [0.1, 0.15) is 12.7 Å². The average molecular weight is 699 g/mol. The zero-order chi connectivity index (χ0) is 35.0. The van der Waals surface area contributed by atoms with E-state index < -0.39 is 0 Å². The van der Waals surface area contributed by atoms with E-state index in [9.17, 15) is 0 Å². The number of aromatic nitrogens is 4. The maximum atomic E-state index is 6.46. The van der Waals surface area contributed by atoms with E-state index in [0.29, 0.717) is 18.1 Å². The maximum Gasteiger partial charge on any atom is 0.164 e. The van der Waals surface area contributed by atoms with Gasteiger partial charge in [0.15, 0.2) is 11.6 Å². The van der Waals surface area contributed by atoms with Crippen molar-refractivity contribution < 1.29 is 4.42 Å². The summed E-state index contributed by atoms with van der Waals surface area (Å²) in [6.07, 6.45) is 0.707. The second-order valence-corrected chi connectivity index (χ2v) is 14.5. The van der Waals surface area contributed by atoms with Gasteiger partial charge in [-0.15, -0.1) is 11.3 Å². The summed E-state index contributed by atoms with van der Waals surface area (Å²) in [4.78, 5) is 14.7. The lowest BCUT2D eigenvalue weighted by atomic mass is 9.99. The van der Waals surface area contributed by atoms with Crippen LogP contribution < -0.4 is 0 Å². The largest absolute Gasteiger partial charge is 0.456 e. The maximum absolute atomic E-state index is 6.46. The fourth-order valence-electron chi connectivity index (χ4n) is 7.93. The first-order valence-electron chi connectivity index (χ1n) is 17.9. The highest BCUT2D eigenvalue weighted by molar-refractivity contribution is 7.26. The Morgan fingerprint density at radius 3 is 2.11 bits per heavy atom. The minimum absolute atomic E-state index is 0.650. The predicted molar refractivity (Wildman–Crippen MR) is 220 cm³/mol. The van der Waals surface area contributed by atoms with Crippen LogP contribution in [-0.2, 0) is 6.42 Å². The number of thiophene rings is 1. The lowest BCUT2D eigenvalue weighted by molar-refractivity contribution is 0.669. The van der Waals surface area contributed by atoms with Crippen molar-refractivity contribution in [1.82, 2.24) is 19.5 Å². The summed E-state index contributed by atoms with van der Waals surface area (Å²) in [5, 5.41) is 7.17. The molecular formula is C47H30N4OS. The monoisotopic (exact) mass is 698 g/mol. The quantitative estimate of drug-likeness (QED) is 0.180. The van der Waals surface area contributed by atoms with Crippen molar-refractivity contribution >= 4 is 75.3 Å². The number of rotatable bonds is 5. The van der Waals surface area contributed by atoms with Gasteiger partial charge in [0.1, 0.15) is 17.0 Å². The van der Waals surface area contributed by atoms with Crippen LogP contribution in [0.3, 0.4) is 0 Å². The van der Waals surface area contributed by atoms with Gasteiger partial charge in [-0.05, 0) is 65.7 Å². The molecule has 0 fully saturated rings. The van der Waals surface area contributed by atoms with Crippen LogP contribution in [0.25, 0.3) is 104 Å². The molecule has 0 saturated heterocycles. The van der Waals surface area contributed by atoms with Gasteiger partial charge in [-0.3, -0.25) is 0 Å². The van der Waals surface area contributed by atoms with Gasteiger partial charge in [0.25, 0.3) is 0 Å². The molecule has 53 heavy (non-hydrogen) atoms. The van der Waals surface area contributed by atoms with Crippen LogP contribution in [0.5, 0.6) is 0 Å². The van der Waals surface area contributed by atoms with Crippen molar-refractivity contribution in [1.29, 1.82) is 0 Å². The SMILES string of the molecule is CCc1nc(-c2ccccc2)nc(-c2cccc3oc4ccc(-c5ccc6c(c5)c5c7sc8ccccc8c7ccc5n6-c5ccccc5)cc4c23)n1. The number of hydrogen-bond donors (Lipinski definition) is 0. The Hall–Kier alpha value is -6.63. The number of hydrogen-bond acceptors (Lipinski definition) is 5. The molecule has 0 radical (unpaired) electrons. The molecule has 0 aliphatic heterocycles. The highest BCUT2D eigenvalue weighted by Crippen LogP contribution is 2.45. The number of nitrogens with zero attached hydrogens (tertiary/aromatic N) is 4. The Balaban J connectivity index is 1.14. The molecule has 250 valence electrons. The number of benzene rings is 7. The predicted octanol–water partition coefficient (Wildman–Crippen LogP) is 12.8. The molecule has 5 nitrogen and oxygen atoms in total. The molecule has 4 aromatic heterocycles. The first-order valence-corrected chi connectivity index (χ1v) is 18.7. The van der Waals surface area contributed by atoms with Gasteiger partial charge in [-0.1, -0.05) is 104 Å². The number of para-hydroxylation sites is 1. The summed E-state index contributed by atoms with van der Waals surface area (Å²) in [7, 11) is 0. The zero-order valence-electron chi connectivity index (χ0n) is 28.7. The molecule has 0 aliphatic carbocycles. The summed E-state index contributed by atoms with van der Waals surface area (Å²) >= 11 is 1.88. The third kappa shape index (κ3) is 4.66. The Labute approximate surface area is 308 Å². The summed E-state index contributed by atoms with van der Waals surface area (Å²) in [5.74, 6) is 2.08. The fourth-order valence-corrected chi connectivity index (χ4v) is 9.19. The summed E-state index contributed by atoms with van der Waals surface area (Å²) < 4.78 is 11.5. The second kappa shape index (κ2) is 11.7. The third-order valence-corrected chi connectivity index (χ3v) is 11.6. The Morgan fingerprint density at radius 1 is 0.528 bits per heavy atom. The molecular weight excluding hydrogens is 669 g/mol. The van der Waals surface area contributed by atoms with Crippen LogP contribution in [0, 0.1) is 0 Å². The number of furan rings is 1. The highest BCUT2D eigenvalue weighted by Gasteiger charge is 2.20. The van der Waals surface area contributed by atoms with Crippen molar-refractivity contribution in [3.05, 3.63) is 157 Å². The van der Waals surface area contributed by atoms with E-state index in [2.05, 4.69) is 121 Å². The van der Waals surface area contributed by atoms with E-state index in [-0.39, 0.29) is 0 Å². The van der Waals surface area contributed by atoms with Gasteiger partial charge in [0, 0.05) is 65.0 Å². The smallest absolute Gasteiger partial charge is 0.164 e. The van der Waals surface area contributed by atoms with Gasteiger partial charge in [-0.25, -0.2) is 15.0 Å². The fraction of sp³-hybridized carbons (Fsp3) is 0.0426. The summed E-state index contributed by atoms with van der Waals surface area (Å²) in [6.45, 7) is 2.08. The topological polar surface area (TPSA) is 56.7 Å². The zero-order valence-corrected chi connectivity index (χ0v) is 29.6. The number of aryl methyl sites for hydroxylation is 1. The summed E-state index contributed by atoms with van der Waals surface area (Å²) in [6, 6.07) is 53.7. The normalized spacial score (nSPS) is 11.9. The van der Waals surface area contributed by atoms with Crippen molar-refractivity contribution in [2.45, 2.75) is 13.3 Å². The average Bonchev–Trinajstić information content (AvgIpc) is 3.90. The molecule has 11 aromatic rings. The standard InChI is InChI=1S/C47H30N4OS/c1-2-42-48-46(28-12-5-3-6-13-28)50-47(49-42)34-17-11-18-40-43(34)36-27-30(21-25-39(36)52-40)29-20-23-37-35(26-29)44-38(51(37)31-14-7-4-8-15-31)24-22-33-32-16-9-10-19-41(32)53-45(33)44/h3-27H,2H2,1H3.